The number of benzene rings is 6. The molecule has 0 bridgehead atoms. The summed E-state index contributed by atoms with van der Waals surface area (Å²) in [5.74, 6) is 1.24. The smallest absolute Gasteiger partial charge is 0.164 e. The molecule has 206 valence electrons. The Labute approximate surface area is 271 Å². The number of hydrogen-bond donors (Lipinski definition) is 0. The number of para-hydroxylation sites is 1. The number of aromatic nitrogens is 4. The van der Waals surface area contributed by atoms with E-state index in [2.05, 4.69) is 0 Å². The summed E-state index contributed by atoms with van der Waals surface area (Å²) in [7, 11) is 0. The molecule has 3 aromatic heterocycles. The molecule has 0 aliphatic rings. The molecule has 0 aliphatic carbocycles. The first-order chi connectivity index (χ1) is 26.0. The van der Waals surface area contributed by atoms with Crippen LogP contribution < -0.4 is 0 Å². The van der Waals surface area contributed by atoms with E-state index >= 15 is 0 Å². The molecule has 44 heavy (non-hydrogen) atoms. The van der Waals surface area contributed by atoms with E-state index in [1.807, 2.05) is 66.7 Å². The minimum atomic E-state index is -0.491. The van der Waals surface area contributed by atoms with Gasteiger partial charge in [0.15, 0.2) is 17.5 Å². The Morgan fingerprint density at radius 2 is 1.11 bits per heavy atom. The lowest BCUT2D eigenvalue weighted by molar-refractivity contribution is 1.07. The molecule has 0 spiro atoms. The zero-order valence-electron chi connectivity index (χ0n) is 32.8. The molecule has 0 atom stereocenters. The molecular weight excluding hydrogens is 557 g/mol. The molecule has 0 saturated heterocycles. The zero-order chi connectivity index (χ0) is 37.7. The van der Waals surface area contributed by atoms with Crippen molar-refractivity contribution in [1.29, 1.82) is 0 Å². The monoisotopic (exact) mass is 590 g/mol. The fraction of sp³-hybridized carbons (Fsp3) is 0. The largest absolute Gasteiger partial charge is 0.308 e. The van der Waals surface area contributed by atoms with E-state index in [4.69, 9.17) is 27.3 Å². The summed E-state index contributed by atoms with van der Waals surface area (Å²) in [5, 5.41) is 0.419. The zero-order valence-corrected chi connectivity index (χ0v) is 23.6. The molecule has 0 fully saturated rings. The summed E-state index contributed by atoms with van der Waals surface area (Å²) in [6, 6.07) is 22.3. The van der Waals surface area contributed by atoms with Crippen molar-refractivity contribution < 1.29 is 13.7 Å². The molecular formula is C39H24N4S. The van der Waals surface area contributed by atoms with E-state index in [0.717, 1.165) is 22.5 Å². The lowest BCUT2D eigenvalue weighted by Gasteiger charge is -2.12. The van der Waals surface area contributed by atoms with Crippen LogP contribution in [0.15, 0.2) is 145 Å². The predicted molar refractivity (Wildman–Crippen MR) is 183 cm³/mol. The summed E-state index contributed by atoms with van der Waals surface area (Å²) >= 11 is 1.04. The maximum atomic E-state index is 9.27. The minimum Gasteiger partial charge on any atom is -0.308 e. The highest BCUT2D eigenvalue weighted by Crippen LogP contribution is 2.43. The van der Waals surface area contributed by atoms with Crippen LogP contribution in [-0.2, 0) is 0 Å². The lowest BCUT2D eigenvalue weighted by Crippen LogP contribution is -2.01. The SMILES string of the molecule is [2H]c1c([2H])c([2H])c2c(sc3c2c([2H])c([2H])c2c4c([2H])c([2H])c([2H])c([2H])c4n(-c4cccc(-c5nc(-c6ccccc6)nc(-c6ccccc6)n5)c4)c32)c1[2H]. The number of thiophene rings is 1. The van der Waals surface area contributed by atoms with Crippen molar-refractivity contribution in [2.75, 3.05) is 0 Å². The van der Waals surface area contributed by atoms with Gasteiger partial charge in [-0.15, -0.1) is 11.3 Å². The highest BCUT2D eigenvalue weighted by Gasteiger charge is 2.19. The highest BCUT2D eigenvalue weighted by molar-refractivity contribution is 7.26. The number of hydrogen-bond acceptors (Lipinski definition) is 4. The number of nitrogens with zero attached hydrogens (tertiary/aromatic N) is 4. The standard InChI is InChI=1S/C39H24N4S/c1-3-12-25(13-4-1)37-40-38(26-14-5-2-6-15-26)42-39(41-37)27-16-11-17-28(24-27)43-33-20-9-7-18-29(33)31-22-23-32-30-19-8-10-21-34(30)44-36(32)35(31)43/h1-24H/i7D,8D,9D,10D,18D,19D,20D,21D,22D,23D. The van der Waals surface area contributed by atoms with Crippen LogP contribution in [0.4, 0.5) is 0 Å². The van der Waals surface area contributed by atoms with Crippen LogP contribution in [0.2, 0.25) is 0 Å². The lowest BCUT2D eigenvalue weighted by atomic mass is 10.1. The van der Waals surface area contributed by atoms with E-state index < -0.39 is 24.2 Å². The van der Waals surface area contributed by atoms with Crippen LogP contribution >= 0.6 is 11.3 Å². The summed E-state index contributed by atoms with van der Waals surface area (Å²) in [4.78, 5) is 14.5. The van der Waals surface area contributed by atoms with Crippen molar-refractivity contribution >= 4 is 53.3 Å². The Morgan fingerprint density at radius 3 is 1.84 bits per heavy atom. The predicted octanol–water partition coefficient (Wildman–Crippen LogP) is 10.3. The van der Waals surface area contributed by atoms with Gasteiger partial charge in [0.25, 0.3) is 0 Å². The quantitative estimate of drug-likeness (QED) is 0.205. The summed E-state index contributed by atoms with van der Waals surface area (Å²) in [6.45, 7) is 0. The van der Waals surface area contributed by atoms with Crippen LogP contribution in [0.5, 0.6) is 0 Å². The number of rotatable bonds is 4. The van der Waals surface area contributed by atoms with Crippen LogP contribution in [0, 0.1) is 0 Å². The summed E-state index contributed by atoms with van der Waals surface area (Å²) < 4.78 is 90.0. The Morgan fingerprint density at radius 1 is 0.523 bits per heavy atom. The Balaban J connectivity index is 1.42. The molecule has 0 N–H and O–H groups in total. The van der Waals surface area contributed by atoms with Crippen LogP contribution in [-0.4, -0.2) is 19.5 Å². The average molecular weight is 591 g/mol. The van der Waals surface area contributed by atoms with Gasteiger partial charge in [-0.1, -0.05) is 121 Å². The third-order valence-corrected chi connectivity index (χ3v) is 8.64. The van der Waals surface area contributed by atoms with Gasteiger partial charge in [0.1, 0.15) is 0 Å². The highest BCUT2D eigenvalue weighted by atomic mass is 32.1. The molecule has 0 aliphatic heterocycles. The van der Waals surface area contributed by atoms with Gasteiger partial charge in [0.05, 0.1) is 29.4 Å². The number of fused-ring (bicyclic) bond motifs is 7. The molecule has 3 heterocycles. The van der Waals surface area contributed by atoms with Crippen molar-refractivity contribution in [3.63, 3.8) is 0 Å². The fourth-order valence-corrected chi connectivity index (χ4v) is 6.65. The molecule has 9 rings (SSSR count). The van der Waals surface area contributed by atoms with E-state index in [0.29, 0.717) is 33.4 Å². The van der Waals surface area contributed by atoms with Crippen molar-refractivity contribution in [2.24, 2.45) is 0 Å². The maximum Gasteiger partial charge on any atom is 0.164 e. The third kappa shape index (κ3) is 3.94. The van der Waals surface area contributed by atoms with Gasteiger partial charge in [-0.3, -0.25) is 0 Å². The van der Waals surface area contributed by atoms with E-state index in [-0.39, 0.29) is 73.5 Å². The van der Waals surface area contributed by atoms with Crippen molar-refractivity contribution in [1.82, 2.24) is 19.5 Å². The Bertz CT molecular complexity index is 3000. The first kappa shape index (κ1) is 16.8. The minimum absolute atomic E-state index is 0.0525. The van der Waals surface area contributed by atoms with Gasteiger partial charge in [0.2, 0.25) is 0 Å². The molecule has 0 unspecified atom stereocenters. The van der Waals surface area contributed by atoms with Crippen LogP contribution in [0.25, 0.3) is 81.8 Å². The second-order valence-corrected chi connectivity index (χ2v) is 11.2. The van der Waals surface area contributed by atoms with Gasteiger partial charge in [-0.05, 0) is 24.2 Å². The molecule has 0 amide bonds. The topological polar surface area (TPSA) is 43.6 Å². The summed E-state index contributed by atoms with van der Waals surface area (Å²) in [5.41, 5.74) is 2.93. The van der Waals surface area contributed by atoms with Crippen LogP contribution in [0.1, 0.15) is 13.7 Å². The van der Waals surface area contributed by atoms with Crippen LogP contribution in [0.3, 0.4) is 0 Å². The van der Waals surface area contributed by atoms with Gasteiger partial charge in [0, 0.05) is 48.6 Å². The van der Waals surface area contributed by atoms with E-state index in [1.165, 1.54) is 0 Å². The second-order valence-electron chi connectivity index (χ2n) is 10.1. The van der Waals surface area contributed by atoms with E-state index in [9.17, 15) is 1.37 Å². The Hall–Kier alpha value is -5.65. The first-order valence-corrected chi connectivity index (χ1v) is 14.6. The van der Waals surface area contributed by atoms with Gasteiger partial charge < -0.3 is 4.57 Å². The van der Waals surface area contributed by atoms with Gasteiger partial charge >= 0.3 is 0 Å². The molecule has 6 aromatic carbocycles. The Kier molecular flexibility index (Phi) is 3.82. The van der Waals surface area contributed by atoms with Crippen molar-refractivity contribution in [2.45, 2.75) is 0 Å². The fourth-order valence-electron chi connectivity index (χ4n) is 5.54. The first-order valence-electron chi connectivity index (χ1n) is 18.8. The molecule has 5 heteroatoms. The maximum absolute atomic E-state index is 9.27. The second kappa shape index (κ2) is 9.97. The third-order valence-electron chi connectivity index (χ3n) is 7.53. The average Bonchev–Trinajstić information content (AvgIpc) is 3.78. The van der Waals surface area contributed by atoms with Crippen molar-refractivity contribution in [3.05, 3.63) is 145 Å². The molecule has 0 saturated carbocycles. The normalized spacial score (nSPS) is 14.8. The van der Waals surface area contributed by atoms with Gasteiger partial charge in [-0.2, -0.15) is 0 Å². The molecule has 4 nitrogen and oxygen atoms in total. The molecule has 0 radical (unpaired) electrons. The van der Waals surface area contributed by atoms with Crippen molar-refractivity contribution in [3.8, 4) is 39.9 Å². The van der Waals surface area contributed by atoms with E-state index in [1.54, 1.807) is 22.8 Å². The molecule has 9 aromatic rings. The summed E-state index contributed by atoms with van der Waals surface area (Å²) in [6.07, 6.45) is 0. The van der Waals surface area contributed by atoms with Gasteiger partial charge in [-0.25, -0.2) is 15.0 Å².